The Bertz CT molecular complexity index is 1270. The van der Waals surface area contributed by atoms with E-state index in [0.29, 0.717) is 23.4 Å². The van der Waals surface area contributed by atoms with Crippen LogP contribution in [-0.2, 0) is 11.3 Å². The van der Waals surface area contributed by atoms with Gasteiger partial charge >= 0.3 is 0 Å². The fourth-order valence-electron chi connectivity index (χ4n) is 4.62. The Kier molecular flexibility index (Phi) is 9.47. The maximum atomic E-state index is 12.7. The summed E-state index contributed by atoms with van der Waals surface area (Å²) in [5, 5.41) is 0.370. The second-order valence-corrected chi connectivity index (χ2v) is 11.0. The van der Waals surface area contributed by atoms with E-state index in [-0.39, 0.29) is 11.3 Å². The molecule has 0 fully saturated rings. The van der Waals surface area contributed by atoms with Crippen molar-refractivity contribution in [1.29, 1.82) is 0 Å². The maximum Gasteiger partial charge on any atom is 0.225 e. The van der Waals surface area contributed by atoms with Gasteiger partial charge in [0, 0.05) is 47.1 Å². The van der Waals surface area contributed by atoms with E-state index in [1.807, 2.05) is 54.6 Å². The van der Waals surface area contributed by atoms with Crippen molar-refractivity contribution in [1.82, 2.24) is 4.90 Å². The summed E-state index contributed by atoms with van der Waals surface area (Å²) in [6.45, 7) is 8.22. The van der Waals surface area contributed by atoms with E-state index in [0.717, 1.165) is 47.2 Å². The standard InChI is InChI=1S/C30H35ClN2O4S/c1-20(2)32(19-22-9-6-7-10-27(22)36-5)15-8-16-37-28-14-12-24(35-4)18-25(28)30-33(21(3)34)26-13-11-23(31)17-29(26)38-30/h6-7,9-14,17-18,20,30H,8,15-16,19H2,1-5H3. The average Bonchev–Trinajstić information content (AvgIpc) is 3.29. The second-order valence-electron chi connectivity index (χ2n) is 9.45. The molecule has 202 valence electrons. The van der Waals surface area contributed by atoms with Gasteiger partial charge in [0.05, 0.1) is 26.5 Å². The highest BCUT2D eigenvalue weighted by molar-refractivity contribution is 8.00. The number of benzene rings is 3. The first-order chi connectivity index (χ1) is 18.3. The van der Waals surface area contributed by atoms with Gasteiger partial charge in [-0.25, -0.2) is 0 Å². The summed E-state index contributed by atoms with van der Waals surface area (Å²) in [6, 6.07) is 19.9. The van der Waals surface area contributed by atoms with Gasteiger partial charge in [-0.05, 0) is 62.7 Å². The number of fused-ring (bicyclic) bond motifs is 1. The van der Waals surface area contributed by atoms with E-state index in [1.165, 1.54) is 5.56 Å². The minimum atomic E-state index is -0.274. The molecule has 0 aliphatic carbocycles. The van der Waals surface area contributed by atoms with E-state index < -0.39 is 0 Å². The summed E-state index contributed by atoms with van der Waals surface area (Å²) in [7, 11) is 3.35. The van der Waals surface area contributed by atoms with Crippen LogP contribution in [0.3, 0.4) is 0 Å². The minimum Gasteiger partial charge on any atom is -0.497 e. The number of para-hydroxylation sites is 1. The van der Waals surface area contributed by atoms with E-state index in [1.54, 1.807) is 37.8 Å². The highest BCUT2D eigenvalue weighted by Gasteiger charge is 2.36. The Morgan fingerprint density at radius 3 is 2.55 bits per heavy atom. The van der Waals surface area contributed by atoms with Crippen LogP contribution in [0.25, 0.3) is 0 Å². The first kappa shape index (κ1) is 28.1. The molecule has 0 spiro atoms. The second kappa shape index (κ2) is 12.8. The lowest BCUT2D eigenvalue weighted by Gasteiger charge is -2.28. The number of thioether (sulfide) groups is 1. The van der Waals surface area contributed by atoms with Gasteiger partial charge in [0.15, 0.2) is 0 Å². The summed E-state index contributed by atoms with van der Waals surface area (Å²) in [5.41, 5.74) is 2.92. The molecular weight excluding hydrogens is 520 g/mol. The highest BCUT2D eigenvalue weighted by atomic mass is 35.5. The Balaban J connectivity index is 1.48. The van der Waals surface area contributed by atoms with Gasteiger partial charge < -0.3 is 14.2 Å². The molecule has 1 heterocycles. The van der Waals surface area contributed by atoms with E-state index in [4.69, 9.17) is 25.8 Å². The van der Waals surface area contributed by atoms with Crippen LogP contribution in [-0.4, -0.2) is 44.2 Å². The molecule has 38 heavy (non-hydrogen) atoms. The third-order valence-electron chi connectivity index (χ3n) is 6.62. The molecular formula is C30H35ClN2O4S. The third-order valence-corrected chi connectivity index (χ3v) is 8.12. The molecule has 0 saturated carbocycles. The zero-order valence-electron chi connectivity index (χ0n) is 22.6. The lowest BCUT2D eigenvalue weighted by molar-refractivity contribution is -0.116. The zero-order chi connectivity index (χ0) is 27.2. The average molecular weight is 555 g/mol. The Hall–Kier alpha value is -2.87. The van der Waals surface area contributed by atoms with Gasteiger partial charge in [-0.15, -0.1) is 0 Å². The molecule has 6 nitrogen and oxygen atoms in total. The molecule has 1 atom stereocenters. The van der Waals surface area contributed by atoms with Crippen LogP contribution < -0.4 is 19.1 Å². The number of anilines is 1. The van der Waals surface area contributed by atoms with Crippen LogP contribution in [0.5, 0.6) is 17.2 Å². The Morgan fingerprint density at radius 2 is 1.84 bits per heavy atom. The smallest absolute Gasteiger partial charge is 0.225 e. The lowest BCUT2D eigenvalue weighted by atomic mass is 10.1. The van der Waals surface area contributed by atoms with Gasteiger partial charge in [-0.3, -0.25) is 14.6 Å². The largest absolute Gasteiger partial charge is 0.497 e. The Morgan fingerprint density at radius 1 is 1.05 bits per heavy atom. The Labute approximate surface area is 234 Å². The summed E-state index contributed by atoms with van der Waals surface area (Å²) >= 11 is 7.84. The van der Waals surface area contributed by atoms with Crippen molar-refractivity contribution in [3.05, 3.63) is 76.8 Å². The SMILES string of the molecule is COc1ccc(OCCCN(Cc2ccccc2OC)C(C)C)c(C2Sc3cc(Cl)ccc3N2C(C)=O)c1. The molecule has 1 aliphatic rings. The molecule has 0 bridgehead atoms. The number of methoxy groups -OCH3 is 2. The van der Waals surface area contributed by atoms with E-state index in [9.17, 15) is 4.79 Å². The summed E-state index contributed by atoms with van der Waals surface area (Å²) in [6.07, 6.45) is 0.850. The van der Waals surface area contributed by atoms with E-state index >= 15 is 0 Å². The van der Waals surface area contributed by atoms with Gasteiger partial charge in [-0.2, -0.15) is 0 Å². The molecule has 0 radical (unpaired) electrons. The quantitative estimate of drug-likeness (QED) is 0.234. The molecule has 1 amide bonds. The molecule has 1 unspecified atom stereocenters. The van der Waals surface area contributed by atoms with Crippen LogP contribution in [0.15, 0.2) is 65.6 Å². The van der Waals surface area contributed by atoms with Gasteiger partial charge in [0.1, 0.15) is 22.6 Å². The number of carbonyl (C=O) groups excluding carboxylic acids is 1. The predicted molar refractivity (Wildman–Crippen MR) is 155 cm³/mol. The van der Waals surface area contributed by atoms with Crippen LogP contribution in [0.1, 0.15) is 43.7 Å². The lowest BCUT2D eigenvalue weighted by Crippen LogP contribution is -2.32. The third kappa shape index (κ3) is 6.40. The fourth-order valence-corrected chi connectivity index (χ4v) is 6.26. The first-order valence-corrected chi connectivity index (χ1v) is 14.0. The number of nitrogens with zero attached hydrogens (tertiary/aromatic N) is 2. The molecule has 0 N–H and O–H groups in total. The first-order valence-electron chi connectivity index (χ1n) is 12.7. The van der Waals surface area contributed by atoms with Crippen molar-refractivity contribution in [2.24, 2.45) is 0 Å². The van der Waals surface area contributed by atoms with Gasteiger partial charge in [0.2, 0.25) is 5.91 Å². The predicted octanol–water partition coefficient (Wildman–Crippen LogP) is 7.19. The number of rotatable bonds is 11. The van der Waals surface area contributed by atoms with Crippen LogP contribution >= 0.6 is 23.4 Å². The number of carbonyl (C=O) groups is 1. The van der Waals surface area contributed by atoms with Crippen LogP contribution in [0.2, 0.25) is 5.02 Å². The summed E-state index contributed by atoms with van der Waals surface area (Å²) in [4.78, 5) is 17.9. The van der Waals surface area contributed by atoms with Crippen molar-refractivity contribution in [2.45, 2.75) is 50.0 Å². The molecule has 8 heteroatoms. The van der Waals surface area contributed by atoms with Crippen molar-refractivity contribution < 1.29 is 19.0 Å². The maximum absolute atomic E-state index is 12.7. The number of amides is 1. The normalized spacial score (nSPS) is 14.6. The van der Waals surface area contributed by atoms with Crippen LogP contribution in [0.4, 0.5) is 5.69 Å². The van der Waals surface area contributed by atoms with Gasteiger partial charge in [0.25, 0.3) is 0 Å². The number of hydrogen-bond acceptors (Lipinski definition) is 6. The topological polar surface area (TPSA) is 51.2 Å². The van der Waals surface area contributed by atoms with Gasteiger partial charge in [-0.1, -0.05) is 41.6 Å². The molecule has 1 aliphatic heterocycles. The van der Waals surface area contributed by atoms with Crippen molar-refractivity contribution >= 4 is 35.0 Å². The minimum absolute atomic E-state index is 0.0405. The fraction of sp³-hybridized carbons (Fsp3) is 0.367. The van der Waals surface area contributed by atoms with Crippen molar-refractivity contribution in [3.8, 4) is 17.2 Å². The monoisotopic (exact) mass is 554 g/mol. The molecule has 0 saturated heterocycles. The van der Waals surface area contributed by atoms with Crippen LogP contribution in [0, 0.1) is 0 Å². The summed E-state index contributed by atoms with van der Waals surface area (Å²) < 4.78 is 17.4. The van der Waals surface area contributed by atoms with E-state index in [2.05, 4.69) is 24.8 Å². The molecule has 4 rings (SSSR count). The molecule has 3 aromatic carbocycles. The van der Waals surface area contributed by atoms with Crippen molar-refractivity contribution in [2.75, 3.05) is 32.3 Å². The number of ether oxygens (including phenoxy) is 3. The molecule has 3 aromatic rings. The summed E-state index contributed by atoms with van der Waals surface area (Å²) in [5.74, 6) is 2.33. The zero-order valence-corrected chi connectivity index (χ0v) is 24.1. The molecule has 0 aromatic heterocycles. The number of hydrogen-bond donors (Lipinski definition) is 0. The van der Waals surface area contributed by atoms with Crippen molar-refractivity contribution in [3.63, 3.8) is 0 Å². The number of halogens is 1. The highest BCUT2D eigenvalue weighted by Crippen LogP contribution is 2.54.